The number of nitrogens with two attached hydrogens (primary N) is 1. The molecule has 26 heavy (non-hydrogen) atoms. The molecule has 0 bridgehead atoms. The fourth-order valence-corrected chi connectivity index (χ4v) is 2.44. The Morgan fingerprint density at radius 2 is 1.85 bits per heavy atom. The van der Waals surface area contributed by atoms with Crippen LogP contribution in [-0.4, -0.2) is 11.1 Å². The molecule has 8 heteroatoms. The standard InChI is InChI=1S/C18H9BrN4O3/c19-12-1-3-14(15(6-12)18(24)25)16-4-2-13(26-16)5-10(7-20)17(23)11(8-21)9-22/h1-6H,23H2,(H,24,25)/b10-5+. The van der Waals surface area contributed by atoms with Gasteiger partial charge in [0.25, 0.3) is 0 Å². The molecule has 126 valence electrons. The summed E-state index contributed by atoms with van der Waals surface area (Å²) in [7, 11) is 0. The molecule has 0 saturated heterocycles. The number of rotatable bonds is 4. The number of hydrogen-bond acceptors (Lipinski definition) is 6. The minimum atomic E-state index is -1.12. The average Bonchev–Trinajstić information content (AvgIpc) is 3.08. The molecule has 0 atom stereocenters. The summed E-state index contributed by atoms with van der Waals surface area (Å²) in [4.78, 5) is 11.4. The quantitative estimate of drug-likeness (QED) is 0.579. The lowest BCUT2D eigenvalue weighted by Crippen LogP contribution is -2.03. The Labute approximate surface area is 156 Å². The molecule has 2 aromatic rings. The highest BCUT2D eigenvalue weighted by Crippen LogP contribution is 2.29. The van der Waals surface area contributed by atoms with Crippen molar-refractivity contribution >= 4 is 28.0 Å². The average molecular weight is 409 g/mol. The van der Waals surface area contributed by atoms with Crippen LogP contribution in [0.2, 0.25) is 0 Å². The van der Waals surface area contributed by atoms with Crippen LogP contribution >= 0.6 is 15.9 Å². The monoisotopic (exact) mass is 408 g/mol. The SMILES string of the molecule is N#CC(C#N)=C(N)/C(C#N)=C/c1ccc(-c2ccc(Br)cc2C(=O)O)o1. The van der Waals surface area contributed by atoms with E-state index in [9.17, 15) is 15.2 Å². The Morgan fingerprint density at radius 1 is 1.15 bits per heavy atom. The molecule has 0 amide bonds. The van der Waals surface area contributed by atoms with Crippen LogP contribution in [0.3, 0.4) is 0 Å². The summed E-state index contributed by atoms with van der Waals surface area (Å²) in [6.45, 7) is 0. The fraction of sp³-hybridized carbons (Fsp3) is 0. The maximum absolute atomic E-state index is 11.4. The van der Waals surface area contributed by atoms with Crippen molar-refractivity contribution in [3.63, 3.8) is 0 Å². The molecule has 0 saturated carbocycles. The van der Waals surface area contributed by atoms with Crippen molar-refractivity contribution in [1.29, 1.82) is 15.8 Å². The first-order valence-electron chi connectivity index (χ1n) is 6.96. The number of halogens is 1. The molecule has 3 N–H and O–H groups in total. The van der Waals surface area contributed by atoms with Crippen LogP contribution in [0, 0.1) is 34.0 Å². The van der Waals surface area contributed by atoms with E-state index in [0.29, 0.717) is 10.0 Å². The number of nitrogens with zero attached hydrogens (tertiary/aromatic N) is 3. The van der Waals surface area contributed by atoms with Gasteiger partial charge in [-0.1, -0.05) is 15.9 Å². The van der Waals surface area contributed by atoms with Crippen LogP contribution in [0.25, 0.3) is 17.4 Å². The van der Waals surface area contributed by atoms with E-state index in [4.69, 9.17) is 20.7 Å². The number of allylic oxidation sites excluding steroid dienone is 2. The van der Waals surface area contributed by atoms with Gasteiger partial charge in [-0.25, -0.2) is 4.79 Å². The molecule has 0 radical (unpaired) electrons. The number of hydrogen-bond donors (Lipinski definition) is 2. The molecule has 0 aliphatic carbocycles. The summed E-state index contributed by atoms with van der Waals surface area (Å²) in [5.41, 5.74) is 5.30. The zero-order chi connectivity index (χ0) is 19.3. The van der Waals surface area contributed by atoms with Gasteiger partial charge in [0.15, 0.2) is 5.57 Å². The van der Waals surface area contributed by atoms with Crippen LogP contribution < -0.4 is 5.73 Å². The Kier molecular flexibility index (Phi) is 5.60. The van der Waals surface area contributed by atoms with Gasteiger partial charge in [-0.3, -0.25) is 0 Å². The second kappa shape index (κ2) is 7.85. The first-order chi connectivity index (χ1) is 12.4. The lowest BCUT2D eigenvalue weighted by molar-refractivity contribution is 0.0697. The molecule has 0 spiro atoms. The molecule has 0 aliphatic heterocycles. The van der Waals surface area contributed by atoms with Crippen LogP contribution in [0.4, 0.5) is 0 Å². The van der Waals surface area contributed by atoms with Crippen molar-refractivity contribution in [3.8, 4) is 29.5 Å². The highest BCUT2D eigenvalue weighted by Gasteiger charge is 2.16. The second-order valence-corrected chi connectivity index (χ2v) is 5.79. The Bertz CT molecular complexity index is 1060. The van der Waals surface area contributed by atoms with Gasteiger partial charge >= 0.3 is 5.97 Å². The molecule has 1 aromatic heterocycles. The third-order valence-electron chi connectivity index (χ3n) is 3.29. The van der Waals surface area contributed by atoms with E-state index in [-0.39, 0.29) is 33.9 Å². The summed E-state index contributed by atoms with van der Waals surface area (Å²) in [5, 5.41) is 36.2. The van der Waals surface area contributed by atoms with Crippen molar-refractivity contribution in [1.82, 2.24) is 0 Å². The van der Waals surface area contributed by atoms with E-state index in [1.165, 1.54) is 18.2 Å². The van der Waals surface area contributed by atoms with Gasteiger partial charge in [-0.15, -0.1) is 0 Å². The predicted molar refractivity (Wildman–Crippen MR) is 94.8 cm³/mol. The number of carboxylic acid groups (broad SMARTS) is 1. The van der Waals surface area contributed by atoms with Gasteiger partial charge in [0.05, 0.1) is 16.8 Å². The highest BCUT2D eigenvalue weighted by atomic mass is 79.9. The number of benzene rings is 1. The van der Waals surface area contributed by atoms with Gasteiger partial charge < -0.3 is 15.3 Å². The second-order valence-electron chi connectivity index (χ2n) is 4.88. The summed E-state index contributed by atoms with van der Waals surface area (Å²) in [5.74, 6) is -0.622. The molecule has 0 fully saturated rings. The van der Waals surface area contributed by atoms with E-state index < -0.39 is 5.97 Å². The first-order valence-corrected chi connectivity index (χ1v) is 7.75. The van der Waals surface area contributed by atoms with E-state index in [1.807, 2.05) is 0 Å². The van der Waals surface area contributed by atoms with E-state index in [1.54, 1.807) is 36.4 Å². The Morgan fingerprint density at radius 3 is 2.42 bits per heavy atom. The first kappa shape index (κ1) is 18.5. The van der Waals surface area contributed by atoms with Gasteiger partial charge in [0.1, 0.15) is 29.7 Å². The van der Waals surface area contributed by atoms with Gasteiger partial charge in [0.2, 0.25) is 0 Å². The van der Waals surface area contributed by atoms with Gasteiger partial charge in [-0.05, 0) is 30.3 Å². The number of carbonyl (C=O) groups is 1. The van der Waals surface area contributed by atoms with Crippen molar-refractivity contribution in [2.24, 2.45) is 5.73 Å². The van der Waals surface area contributed by atoms with Gasteiger partial charge in [0, 0.05) is 16.1 Å². The van der Waals surface area contributed by atoms with Crippen molar-refractivity contribution in [2.45, 2.75) is 0 Å². The maximum atomic E-state index is 11.4. The highest BCUT2D eigenvalue weighted by molar-refractivity contribution is 9.10. The molecule has 0 unspecified atom stereocenters. The van der Waals surface area contributed by atoms with E-state index in [2.05, 4.69) is 15.9 Å². The zero-order valence-corrected chi connectivity index (χ0v) is 14.6. The molecule has 2 rings (SSSR count). The summed E-state index contributed by atoms with van der Waals surface area (Å²) in [6, 6.07) is 12.8. The van der Waals surface area contributed by atoms with Gasteiger partial charge in [-0.2, -0.15) is 15.8 Å². The largest absolute Gasteiger partial charge is 0.478 e. The molecule has 7 nitrogen and oxygen atoms in total. The van der Waals surface area contributed by atoms with Crippen LogP contribution in [0.15, 0.2) is 56.1 Å². The van der Waals surface area contributed by atoms with Crippen LogP contribution in [-0.2, 0) is 0 Å². The normalized spacial score (nSPS) is 10.3. The number of carboxylic acids is 1. The fourth-order valence-electron chi connectivity index (χ4n) is 2.08. The number of furan rings is 1. The lowest BCUT2D eigenvalue weighted by atomic mass is 10.1. The van der Waals surface area contributed by atoms with Crippen LogP contribution in [0.1, 0.15) is 16.1 Å². The van der Waals surface area contributed by atoms with Crippen LogP contribution in [0.5, 0.6) is 0 Å². The minimum absolute atomic E-state index is 0.0421. The molecular weight excluding hydrogens is 400 g/mol. The Balaban J connectivity index is 2.51. The van der Waals surface area contributed by atoms with Crippen molar-refractivity contribution < 1.29 is 14.3 Å². The Hall–Kier alpha value is -3.80. The molecular formula is C18H9BrN4O3. The van der Waals surface area contributed by atoms with E-state index >= 15 is 0 Å². The number of nitriles is 3. The molecule has 0 aliphatic rings. The topological polar surface area (TPSA) is 148 Å². The minimum Gasteiger partial charge on any atom is -0.478 e. The zero-order valence-electron chi connectivity index (χ0n) is 13.0. The summed E-state index contributed by atoms with van der Waals surface area (Å²) in [6.07, 6.45) is 1.27. The summed E-state index contributed by atoms with van der Waals surface area (Å²) >= 11 is 3.22. The summed E-state index contributed by atoms with van der Waals surface area (Å²) < 4.78 is 6.19. The number of aromatic carboxylic acids is 1. The molecule has 1 heterocycles. The smallest absolute Gasteiger partial charge is 0.336 e. The lowest BCUT2D eigenvalue weighted by Gasteiger charge is -2.04. The molecule has 1 aromatic carbocycles. The van der Waals surface area contributed by atoms with Crippen molar-refractivity contribution in [3.05, 3.63) is 63.0 Å². The van der Waals surface area contributed by atoms with E-state index in [0.717, 1.165) is 0 Å². The van der Waals surface area contributed by atoms with Crippen molar-refractivity contribution in [2.75, 3.05) is 0 Å². The third-order valence-corrected chi connectivity index (χ3v) is 3.79. The third kappa shape index (κ3) is 3.81. The predicted octanol–water partition coefficient (Wildman–Crippen LogP) is 3.57. The maximum Gasteiger partial charge on any atom is 0.336 e.